The van der Waals surface area contributed by atoms with Crippen molar-refractivity contribution in [2.75, 3.05) is 13.7 Å². The molecule has 0 saturated carbocycles. The molecule has 2 unspecified atom stereocenters. The van der Waals surface area contributed by atoms with E-state index in [1.54, 1.807) is 11.9 Å². The number of esters is 1. The van der Waals surface area contributed by atoms with E-state index in [1.165, 1.54) is 0 Å². The second-order valence-electron chi connectivity index (χ2n) is 5.17. The minimum absolute atomic E-state index is 0.0286. The molecule has 1 aliphatic rings. The summed E-state index contributed by atoms with van der Waals surface area (Å²) in [4.78, 5) is 25.4. The Bertz CT molecular complexity index is 338. The van der Waals surface area contributed by atoms with Gasteiger partial charge in [-0.25, -0.2) is 0 Å². The molecule has 0 radical (unpaired) electrons. The van der Waals surface area contributed by atoms with Gasteiger partial charge < -0.3 is 9.64 Å². The molecule has 18 heavy (non-hydrogen) atoms. The number of rotatable bonds is 0. The van der Waals surface area contributed by atoms with Gasteiger partial charge in [0, 0.05) is 13.0 Å². The molecule has 0 spiro atoms. The number of hydrogen-bond donors (Lipinski definition) is 0. The zero-order valence-corrected chi connectivity index (χ0v) is 11.7. The summed E-state index contributed by atoms with van der Waals surface area (Å²) in [5.74, 6) is -0.249. The van der Waals surface area contributed by atoms with Gasteiger partial charge in [-0.2, -0.15) is 0 Å². The molecule has 1 heterocycles. The van der Waals surface area contributed by atoms with Gasteiger partial charge in [-0.3, -0.25) is 9.59 Å². The lowest BCUT2D eigenvalue weighted by Crippen LogP contribution is -2.41. The van der Waals surface area contributed by atoms with Crippen molar-refractivity contribution in [3.8, 4) is 0 Å². The molecule has 3 atom stereocenters. The Balaban J connectivity index is 2.79. The monoisotopic (exact) mass is 253 g/mol. The number of carbonyl (C=O) groups is 2. The molecular weight excluding hydrogens is 230 g/mol. The van der Waals surface area contributed by atoms with Gasteiger partial charge in [0.2, 0.25) is 5.91 Å². The molecule has 0 aromatic heterocycles. The zero-order chi connectivity index (χ0) is 13.7. The van der Waals surface area contributed by atoms with E-state index in [9.17, 15) is 9.59 Å². The topological polar surface area (TPSA) is 46.6 Å². The average molecular weight is 253 g/mol. The first-order chi connectivity index (χ1) is 8.43. The standard InChI is InChI=1S/C14H23NO3/c1-10-7-5-6-8-11(2)14(17)18-9-12(3)15(4)13(10)16/h5-6,10-12H,7-9H2,1-4H3/t10?,11-,12?/m0/s1. The van der Waals surface area contributed by atoms with Crippen molar-refractivity contribution in [3.63, 3.8) is 0 Å². The molecule has 102 valence electrons. The summed E-state index contributed by atoms with van der Waals surface area (Å²) in [6.07, 6.45) is 5.33. The number of cyclic esters (lactones) is 1. The van der Waals surface area contributed by atoms with Gasteiger partial charge in [-0.05, 0) is 19.8 Å². The number of hydrogen-bond acceptors (Lipinski definition) is 3. The highest BCUT2D eigenvalue weighted by molar-refractivity contribution is 5.78. The SMILES string of the molecule is CC1CC=CC[C@H](C)C(=O)OCC(C)N(C)C1=O. The first kappa shape index (κ1) is 14.7. The predicted octanol–water partition coefficient (Wildman–Crippen LogP) is 2.00. The van der Waals surface area contributed by atoms with Crippen LogP contribution in [0.1, 0.15) is 33.6 Å². The van der Waals surface area contributed by atoms with E-state index in [4.69, 9.17) is 4.74 Å². The maximum absolute atomic E-state index is 12.1. The van der Waals surface area contributed by atoms with Crippen molar-refractivity contribution in [1.82, 2.24) is 4.90 Å². The third kappa shape index (κ3) is 3.86. The number of allylic oxidation sites excluding steroid dienone is 2. The Hall–Kier alpha value is -1.32. The van der Waals surface area contributed by atoms with E-state index in [0.717, 1.165) is 6.42 Å². The van der Waals surface area contributed by atoms with Gasteiger partial charge in [0.1, 0.15) is 6.61 Å². The van der Waals surface area contributed by atoms with Crippen LogP contribution in [0, 0.1) is 11.8 Å². The van der Waals surface area contributed by atoms with Crippen LogP contribution in [0.4, 0.5) is 0 Å². The lowest BCUT2D eigenvalue weighted by molar-refractivity contribution is -0.151. The summed E-state index contributed by atoms with van der Waals surface area (Å²) in [5, 5.41) is 0. The van der Waals surface area contributed by atoms with Crippen LogP contribution in [0.3, 0.4) is 0 Å². The third-order valence-electron chi connectivity index (χ3n) is 3.45. The van der Waals surface area contributed by atoms with Crippen molar-refractivity contribution in [1.29, 1.82) is 0 Å². The third-order valence-corrected chi connectivity index (χ3v) is 3.45. The lowest BCUT2D eigenvalue weighted by Gasteiger charge is -2.27. The fraction of sp³-hybridized carbons (Fsp3) is 0.714. The van der Waals surface area contributed by atoms with E-state index in [0.29, 0.717) is 6.42 Å². The van der Waals surface area contributed by atoms with Gasteiger partial charge in [0.05, 0.1) is 12.0 Å². The first-order valence-electron chi connectivity index (χ1n) is 6.51. The number of nitrogens with zero attached hydrogens (tertiary/aromatic N) is 1. The molecule has 1 amide bonds. The minimum Gasteiger partial charge on any atom is -0.463 e. The minimum atomic E-state index is -0.194. The van der Waals surface area contributed by atoms with Crippen molar-refractivity contribution in [2.45, 2.75) is 39.7 Å². The number of ether oxygens (including phenoxy) is 1. The van der Waals surface area contributed by atoms with Crippen LogP contribution in [-0.2, 0) is 14.3 Å². The molecule has 0 fully saturated rings. The molecule has 1 aliphatic heterocycles. The molecule has 4 heteroatoms. The highest BCUT2D eigenvalue weighted by Gasteiger charge is 2.23. The van der Waals surface area contributed by atoms with Gasteiger partial charge in [0.15, 0.2) is 0 Å². The second kappa shape index (κ2) is 6.57. The highest BCUT2D eigenvalue weighted by Crippen LogP contribution is 2.14. The molecule has 0 N–H and O–H groups in total. The fourth-order valence-corrected chi connectivity index (χ4v) is 1.82. The van der Waals surface area contributed by atoms with Crippen LogP contribution in [-0.4, -0.2) is 36.5 Å². The summed E-state index contributed by atoms with van der Waals surface area (Å²) in [5.41, 5.74) is 0. The molecule has 1 rings (SSSR count). The molecular formula is C14H23NO3. The van der Waals surface area contributed by atoms with E-state index >= 15 is 0 Å². The number of likely N-dealkylation sites (N-methyl/N-ethyl adjacent to an activating group) is 1. The molecule has 0 aromatic rings. The van der Waals surface area contributed by atoms with Crippen LogP contribution in [0.2, 0.25) is 0 Å². The van der Waals surface area contributed by atoms with Crippen LogP contribution < -0.4 is 0 Å². The van der Waals surface area contributed by atoms with Gasteiger partial charge >= 0.3 is 5.97 Å². The summed E-state index contributed by atoms with van der Waals surface area (Å²) in [6, 6.07) is -0.0838. The first-order valence-corrected chi connectivity index (χ1v) is 6.51. The van der Waals surface area contributed by atoms with Crippen molar-refractivity contribution in [3.05, 3.63) is 12.2 Å². The molecule has 0 saturated heterocycles. The maximum atomic E-state index is 12.1. The molecule has 4 nitrogen and oxygen atoms in total. The Morgan fingerprint density at radius 1 is 1.11 bits per heavy atom. The Morgan fingerprint density at radius 2 is 1.67 bits per heavy atom. The van der Waals surface area contributed by atoms with Crippen molar-refractivity contribution < 1.29 is 14.3 Å². The Labute approximate surface area is 109 Å². The Kier molecular flexibility index (Phi) is 5.38. The Morgan fingerprint density at radius 3 is 2.28 bits per heavy atom. The molecule has 0 aliphatic carbocycles. The number of amides is 1. The van der Waals surface area contributed by atoms with Crippen LogP contribution in [0.25, 0.3) is 0 Å². The summed E-state index contributed by atoms with van der Waals surface area (Å²) in [7, 11) is 1.76. The van der Waals surface area contributed by atoms with Crippen molar-refractivity contribution >= 4 is 11.9 Å². The van der Waals surface area contributed by atoms with Crippen LogP contribution in [0.5, 0.6) is 0 Å². The zero-order valence-electron chi connectivity index (χ0n) is 11.7. The van der Waals surface area contributed by atoms with E-state index < -0.39 is 0 Å². The number of carbonyl (C=O) groups excluding carboxylic acids is 2. The normalized spacial score (nSPS) is 31.6. The van der Waals surface area contributed by atoms with Gasteiger partial charge in [0.25, 0.3) is 0 Å². The summed E-state index contributed by atoms with van der Waals surface area (Å²) >= 11 is 0. The maximum Gasteiger partial charge on any atom is 0.309 e. The highest BCUT2D eigenvalue weighted by atomic mass is 16.5. The van der Waals surface area contributed by atoms with Crippen molar-refractivity contribution in [2.24, 2.45) is 11.8 Å². The largest absolute Gasteiger partial charge is 0.463 e. The van der Waals surface area contributed by atoms with Gasteiger partial charge in [-0.15, -0.1) is 0 Å². The smallest absolute Gasteiger partial charge is 0.309 e. The van der Waals surface area contributed by atoms with E-state index in [1.807, 2.05) is 32.9 Å². The summed E-state index contributed by atoms with van der Waals surface area (Å²) < 4.78 is 5.23. The fourth-order valence-electron chi connectivity index (χ4n) is 1.82. The average Bonchev–Trinajstić information content (AvgIpc) is 2.36. The quantitative estimate of drug-likeness (QED) is 0.490. The summed E-state index contributed by atoms with van der Waals surface area (Å²) in [6.45, 7) is 5.95. The second-order valence-corrected chi connectivity index (χ2v) is 5.17. The van der Waals surface area contributed by atoms with E-state index in [2.05, 4.69) is 0 Å². The lowest BCUT2D eigenvalue weighted by atomic mass is 10.0. The molecule has 0 bridgehead atoms. The molecule has 0 aromatic carbocycles. The van der Waals surface area contributed by atoms with Gasteiger partial charge in [-0.1, -0.05) is 26.0 Å². The van der Waals surface area contributed by atoms with Crippen LogP contribution in [0.15, 0.2) is 12.2 Å². The van der Waals surface area contributed by atoms with E-state index in [-0.39, 0.29) is 36.4 Å². The predicted molar refractivity (Wildman–Crippen MR) is 69.9 cm³/mol. The van der Waals surface area contributed by atoms with Crippen LogP contribution >= 0.6 is 0 Å².